The highest BCUT2D eigenvalue weighted by Crippen LogP contribution is 2.13. The van der Waals surface area contributed by atoms with Crippen molar-refractivity contribution in [2.75, 3.05) is 4.72 Å². The van der Waals surface area contributed by atoms with E-state index in [1.165, 1.54) is 0 Å². The number of amidine groups is 1. The number of hydrazine groups is 1. The van der Waals surface area contributed by atoms with E-state index in [9.17, 15) is 4.79 Å². The van der Waals surface area contributed by atoms with Gasteiger partial charge < -0.3 is 4.72 Å². The van der Waals surface area contributed by atoms with Crippen LogP contribution in [0.5, 0.6) is 0 Å². The maximum atomic E-state index is 12.1. The maximum absolute atomic E-state index is 12.1. The highest BCUT2D eigenvalue weighted by molar-refractivity contribution is 8.14. The second-order valence-electron chi connectivity index (χ2n) is 5.27. The molecule has 0 aliphatic heterocycles. The number of carbonyl (C=O) groups excluding carboxylic acids is 1. The van der Waals surface area contributed by atoms with Gasteiger partial charge in [-0.15, -0.1) is 0 Å². The van der Waals surface area contributed by atoms with Gasteiger partial charge in [0.15, 0.2) is 5.84 Å². The fraction of sp³-hybridized carbons (Fsp3) is 0. The van der Waals surface area contributed by atoms with Gasteiger partial charge in [0, 0.05) is 23.2 Å². The monoisotopic (exact) mass is 362 g/mol. The van der Waals surface area contributed by atoms with Crippen LogP contribution in [0.2, 0.25) is 0 Å². The van der Waals surface area contributed by atoms with Crippen LogP contribution < -0.4 is 15.6 Å². The topological polar surface area (TPSA) is 65.5 Å². The molecule has 5 nitrogen and oxygen atoms in total. The molecule has 0 bridgehead atoms. The van der Waals surface area contributed by atoms with Gasteiger partial charge in [0.1, 0.15) is 0 Å². The molecule has 6 heteroatoms. The standard InChI is InChI=1S/C20H18N4OS/c25-20(26-24-18-14-8-3-9-15-18)23-22-19(16-10-4-1-5-11-16)21-17-12-6-2-7-13-17/h1-15,24H,(H,21,22)(H,23,25). The Balaban J connectivity index is 1.64. The average Bonchev–Trinajstić information content (AvgIpc) is 2.72. The lowest BCUT2D eigenvalue weighted by Gasteiger charge is -2.12. The number of anilines is 1. The maximum Gasteiger partial charge on any atom is 0.317 e. The van der Waals surface area contributed by atoms with Gasteiger partial charge in [0.05, 0.1) is 5.69 Å². The van der Waals surface area contributed by atoms with Gasteiger partial charge >= 0.3 is 5.24 Å². The molecule has 3 aromatic rings. The van der Waals surface area contributed by atoms with Gasteiger partial charge in [-0.25, -0.2) is 4.99 Å². The zero-order valence-corrected chi connectivity index (χ0v) is 14.7. The van der Waals surface area contributed by atoms with Crippen molar-refractivity contribution in [1.82, 2.24) is 10.9 Å². The van der Waals surface area contributed by atoms with E-state index in [-0.39, 0.29) is 5.24 Å². The molecule has 3 aromatic carbocycles. The summed E-state index contributed by atoms with van der Waals surface area (Å²) in [6.07, 6.45) is 0. The zero-order valence-electron chi connectivity index (χ0n) is 13.9. The third-order valence-electron chi connectivity index (χ3n) is 3.36. The molecule has 3 N–H and O–H groups in total. The SMILES string of the molecule is O=C(NNC(=Nc1ccccc1)c1ccccc1)SNc1ccccc1. The summed E-state index contributed by atoms with van der Waals surface area (Å²) < 4.78 is 2.98. The molecule has 0 radical (unpaired) electrons. The summed E-state index contributed by atoms with van der Waals surface area (Å²) in [5, 5.41) is -0.273. The lowest BCUT2D eigenvalue weighted by molar-refractivity contribution is 0.259. The Morgan fingerprint density at radius 3 is 1.96 bits per heavy atom. The number of aliphatic imine (C=N–C) groups is 1. The third-order valence-corrected chi connectivity index (χ3v) is 3.99. The minimum atomic E-state index is -0.273. The molecule has 26 heavy (non-hydrogen) atoms. The zero-order chi connectivity index (χ0) is 18.0. The van der Waals surface area contributed by atoms with Crippen LogP contribution in [0.25, 0.3) is 0 Å². The number of hydrogen-bond donors (Lipinski definition) is 3. The van der Waals surface area contributed by atoms with E-state index in [1.807, 2.05) is 91.0 Å². The smallest absolute Gasteiger partial charge is 0.317 e. The highest BCUT2D eigenvalue weighted by Gasteiger charge is 2.07. The summed E-state index contributed by atoms with van der Waals surface area (Å²) >= 11 is 0.955. The van der Waals surface area contributed by atoms with E-state index in [2.05, 4.69) is 20.6 Å². The quantitative estimate of drug-likeness (QED) is 0.271. The van der Waals surface area contributed by atoms with Crippen LogP contribution >= 0.6 is 11.9 Å². The van der Waals surface area contributed by atoms with E-state index in [4.69, 9.17) is 0 Å². The molecule has 0 atom stereocenters. The predicted molar refractivity (Wildman–Crippen MR) is 108 cm³/mol. The Hall–Kier alpha value is -3.25. The number of amides is 1. The molecule has 0 aromatic heterocycles. The number of hydrogen-bond acceptors (Lipinski definition) is 4. The number of para-hydroxylation sites is 2. The fourth-order valence-electron chi connectivity index (χ4n) is 2.14. The van der Waals surface area contributed by atoms with Crippen molar-refractivity contribution in [3.63, 3.8) is 0 Å². The number of nitrogens with one attached hydrogen (secondary N) is 3. The molecule has 0 fully saturated rings. The second-order valence-corrected chi connectivity index (χ2v) is 6.05. The Morgan fingerprint density at radius 1 is 0.731 bits per heavy atom. The van der Waals surface area contributed by atoms with Crippen molar-refractivity contribution in [3.8, 4) is 0 Å². The summed E-state index contributed by atoms with van der Waals surface area (Å²) in [5.74, 6) is 0.561. The van der Waals surface area contributed by atoms with E-state index in [0.29, 0.717) is 5.84 Å². The number of nitrogens with zero attached hydrogens (tertiary/aromatic N) is 1. The Labute approximate surface area is 156 Å². The molecule has 3 rings (SSSR count). The number of benzene rings is 3. The van der Waals surface area contributed by atoms with Crippen LogP contribution in [-0.2, 0) is 0 Å². The van der Waals surface area contributed by atoms with Gasteiger partial charge in [-0.3, -0.25) is 15.6 Å². The first kappa shape index (κ1) is 17.6. The molecular weight excluding hydrogens is 344 g/mol. The first-order chi connectivity index (χ1) is 12.8. The predicted octanol–water partition coefficient (Wildman–Crippen LogP) is 4.74. The minimum Gasteiger partial charge on any atom is -0.322 e. The molecule has 1 amide bonds. The minimum absolute atomic E-state index is 0.273. The van der Waals surface area contributed by atoms with Gasteiger partial charge in [0.2, 0.25) is 0 Å². The van der Waals surface area contributed by atoms with E-state index in [0.717, 1.165) is 28.9 Å². The Kier molecular flexibility index (Phi) is 6.28. The first-order valence-corrected chi connectivity index (χ1v) is 8.86. The van der Waals surface area contributed by atoms with Crippen LogP contribution in [0.3, 0.4) is 0 Å². The summed E-state index contributed by atoms with van der Waals surface area (Å²) in [6.45, 7) is 0. The van der Waals surface area contributed by atoms with Crippen molar-refractivity contribution in [3.05, 3.63) is 96.6 Å². The van der Waals surface area contributed by atoms with Crippen LogP contribution in [0, 0.1) is 0 Å². The fourth-order valence-corrected chi connectivity index (χ4v) is 2.59. The summed E-state index contributed by atoms with van der Waals surface area (Å²) in [5.41, 5.74) is 8.09. The van der Waals surface area contributed by atoms with Crippen molar-refractivity contribution in [2.24, 2.45) is 4.99 Å². The van der Waals surface area contributed by atoms with Crippen LogP contribution in [0.1, 0.15) is 5.56 Å². The largest absolute Gasteiger partial charge is 0.322 e. The lowest BCUT2D eigenvalue weighted by Crippen LogP contribution is -2.40. The molecule has 0 saturated heterocycles. The summed E-state index contributed by atoms with van der Waals surface area (Å²) in [6, 6.07) is 28.7. The molecule has 0 heterocycles. The van der Waals surface area contributed by atoms with Crippen molar-refractivity contribution >= 4 is 34.4 Å². The molecule has 0 saturated carbocycles. The van der Waals surface area contributed by atoms with Gasteiger partial charge in [-0.2, -0.15) is 0 Å². The lowest BCUT2D eigenvalue weighted by atomic mass is 10.2. The number of carbonyl (C=O) groups is 1. The molecule has 0 aliphatic rings. The normalized spacial score (nSPS) is 10.8. The average molecular weight is 362 g/mol. The molecular formula is C20H18N4OS. The van der Waals surface area contributed by atoms with Gasteiger partial charge in [0.25, 0.3) is 0 Å². The summed E-state index contributed by atoms with van der Waals surface area (Å²) in [7, 11) is 0. The van der Waals surface area contributed by atoms with Crippen LogP contribution in [0.15, 0.2) is 96.0 Å². The van der Waals surface area contributed by atoms with Crippen molar-refractivity contribution in [2.45, 2.75) is 0 Å². The molecule has 0 aliphatic carbocycles. The van der Waals surface area contributed by atoms with E-state index >= 15 is 0 Å². The first-order valence-electron chi connectivity index (χ1n) is 8.04. The third kappa shape index (κ3) is 5.39. The molecule has 0 unspecified atom stereocenters. The van der Waals surface area contributed by atoms with Crippen molar-refractivity contribution < 1.29 is 4.79 Å². The van der Waals surface area contributed by atoms with Crippen LogP contribution in [-0.4, -0.2) is 11.1 Å². The van der Waals surface area contributed by atoms with Crippen LogP contribution in [0.4, 0.5) is 16.2 Å². The highest BCUT2D eigenvalue weighted by atomic mass is 32.2. The van der Waals surface area contributed by atoms with Gasteiger partial charge in [-0.05, 0) is 24.3 Å². The van der Waals surface area contributed by atoms with E-state index < -0.39 is 0 Å². The Morgan fingerprint density at radius 2 is 1.31 bits per heavy atom. The molecule has 130 valence electrons. The summed E-state index contributed by atoms with van der Waals surface area (Å²) in [4.78, 5) is 16.7. The van der Waals surface area contributed by atoms with Crippen molar-refractivity contribution in [1.29, 1.82) is 0 Å². The van der Waals surface area contributed by atoms with Gasteiger partial charge in [-0.1, -0.05) is 66.7 Å². The second kappa shape index (κ2) is 9.29. The number of rotatable bonds is 4. The Bertz CT molecular complexity index is 855. The van der Waals surface area contributed by atoms with E-state index in [1.54, 1.807) is 0 Å². The molecule has 0 spiro atoms.